The Morgan fingerprint density at radius 2 is 2.17 bits per heavy atom. The predicted molar refractivity (Wildman–Crippen MR) is 74.1 cm³/mol. The summed E-state index contributed by atoms with van der Waals surface area (Å²) in [5, 5.41) is 0.904. The average molecular weight is 264 g/mol. The fraction of sp³-hybridized carbons (Fsp3) is 0.357. The molecule has 18 heavy (non-hydrogen) atoms. The molecule has 0 aliphatic rings. The van der Waals surface area contributed by atoms with Gasteiger partial charge < -0.3 is 5.73 Å². The molecule has 2 aromatic rings. The summed E-state index contributed by atoms with van der Waals surface area (Å²) in [7, 11) is 0. The molecule has 0 aliphatic heterocycles. The summed E-state index contributed by atoms with van der Waals surface area (Å²) in [5.41, 5.74) is 7.43. The Kier molecular flexibility index (Phi) is 3.50. The Hall–Kier alpha value is -1.26. The van der Waals surface area contributed by atoms with Crippen LogP contribution in [0.25, 0.3) is 11.3 Å². The van der Waals surface area contributed by atoms with Crippen molar-refractivity contribution in [1.82, 2.24) is 4.98 Å². The normalized spacial score (nSPS) is 14.5. The van der Waals surface area contributed by atoms with E-state index in [4.69, 9.17) is 5.73 Å². The van der Waals surface area contributed by atoms with Gasteiger partial charge in [-0.15, -0.1) is 11.3 Å². The fourth-order valence-corrected chi connectivity index (χ4v) is 2.76. The van der Waals surface area contributed by atoms with E-state index in [1.54, 1.807) is 17.4 Å². The Morgan fingerprint density at radius 1 is 1.44 bits per heavy atom. The van der Waals surface area contributed by atoms with Gasteiger partial charge in [-0.05, 0) is 32.4 Å². The molecule has 0 saturated heterocycles. The first-order valence-electron chi connectivity index (χ1n) is 5.97. The smallest absolute Gasteiger partial charge is 0.123 e. The molecule has 4 heteroatoms. The Balaban J connectivity index is 2.48. The van der Waals surface area contributed by atoms with Gasteiger partial charge in [-0.2, -0.15) is 0 Å². The molecule has 0 spiro atoms. The van der Waals surface area contributed by atoms with Gasteiger partial charge in [0.15, 0.2) is 0 Å². The number of benzene rings is 1. The zero-order valence-electron chi connectivity index (χ0n) is 10.8. The van der Waals surface area contributed by atoms with Crippen molar-refractivity contribution in [2.45, 2.75) is 32.7 Å². The summed E-state index contributed by atoms with van der Waals surface area (Å²) in [4.78, 5) is 5.66. The monoisotopic (exact) mass is 264 g/mol. The molecule has 1 unspecified atom stereocenters. The SMILES string of the molecule is CCC(C)(N)c1nc(-c2cccc(F)c2)c(C)s1. The molecule has 0 radical (unpaired) electrons. The van der Waals surface area contributed by atoms with Gasteiger partial charge in [0.25, 0.3) is 0 Å². The molecule has 0 aliphatic carbocycles. The molecule has 0 fully saturated rings. The van der Waals surface area contributed by atoms with Gasteiger partial charge in [0.2, 0.25) is 0 Å². The molecule has 96 valence electrons. The maximum atomic E-state index is 13.2. The number of nitrogens with zero attached hydrogens (tertiary/aromatic N) is 1. The molecule has 2 rings (SSSR count). The summed E-state index contributed by atoms with van der Waals surface area (Å²) in [6.45, 7) is 6.01. The maximum absolute atomic E-state index is 13.2. The zero-order valence-corrected chi connectivity index (χ0v) is 11.6. The number of hydrogen-bond donors (Lipinski definition) is 1. The number of halogens is 1. The third-order valence-electron chi connectivity index (χ3n) is 3.12. The van der Waals surface area contributed by atoms with Crippen LogP contribution in [0.1, 0.15) is 30.2 Å². The quantitative estimate of drug-likeness (QED) is 0.914. The van der Waals surface area contributed by atoms with E-state index in [-0.39, 0.29) is 5.82 Å². The van der Waals surface area contributed by atoms with E-state index in [2.05, 4.69) is 4.98 Å². The minimum Gasteiger partial charge on any atom is -0.320 e. The van der Waals surface area contributed by atoms with Gasteiger partial charge in [-0.3, -0.25) is 0 Å². The summed E-state index contributed by atoms with van der Waals surface area (Å²) < 4.78 is 13.2. The van der Waals surface area contributed by atoms with Crippen molar-refractivity contribution in [2.24, 2.45) is 5.73 Å². The third kappa shape index (κ3) is 2.44. The molecular weight excluding hydrogens is 247 g/mol. The highest BCUT2D eigenvalue weighted by Crippen LogP contribution is 2.33. The van der Waals surface area contributed by atoms with Crippen LogP contribution in [0.4, 0.5) is 4.39 Å². The third-order valence-corrected chi connectivity index (χ3v) is 4.37. The van der Waals surface area contributed by atoms with E-state index in [1.807, 2.05) is 26.8 Å². The van der Waals surface area contributed by atoms with Crippen LogP contribution in [0.3, 0.4) is 0 Å². The van der Waals surface area contributed by atoms with Crippen molar-refractivity contribution in [1.29, 1.82) is 0 Å². The lowest BCUT2D eigenvalue weighted by molar-refractivity contribution is 0.474. The van der Waals surface area contributed by atoms with E-state index in [0.29, 0.717) is 0 Å². The summed E-state index contributed by atoms with van der Waals surface area (Å²) in [6.07, 6.45) is 0.822. The summed E-state index contributed by atoms with van der Waals surface area (Å²) >= 11 is 1.59. The van der Waals surface area contributed by atoms with Crippen LogP contribution in [0, 0.1) is 12.7 Å². The van der Waals surface area contributed by atoms with Crippen molar-refractivity contribution < 1.29 is 4.39 Å². The second-order valence-corrected chi connectivity index (χ2v) is 5.91. The van der Waals surface area contributed by atoms with Gasteiger partial charge >= 0.3 is 0 Å². The number of rotatable bonds is 3. The fourth-order valence-electron chi connectivity index (χ4n) is 1.70. The first-order chi connectivity index (χ1) is 8.44. The van der Waals surface area contributed by atoms with E-state index in [1.165, 1.54) is 12.1 Å². The van der Waals surface area contributed by atoms with E-state index in [9.17, 15) is 4.39 Å². The largest absolute Gasteiger partial charge is 0.320 e. The van der Waals surface area contributed by atoms with Crippen LogP contribution in [-0.2, 0) is 5.54 Å². The Morgan fingerprint density at radius 3 is 2.78 bits per heavy atom. The van der Waals surface area contributed by atoms with Gasteiger partial charge in [0.1, 0.15) is 10.8 Å². The van der Waals surface area contributed by atoms with E-state index >= 15 is 0 Å². The van der Waals surface area contributed by atoms with Gasteiger partial charge in [-0.25, -0.2) is 9.37 Å². The standard InChI is InChI=1S/C14H17FN2S/c1-4-14(3,16)13-17-12(9(2)18-13)10-6-5-7-11(15)8-10/h5-8H,4,16H2,1-3H3. The van der Waals surface area contributed by atoms with Crippen LogP contribution < -0.4 is 5.73 Å². The minimum atomic E-state index is -0.416. The molecule has 0 amide bonds. The van der Waals surface area contributed by atoms with Crippen molar-refractivity contribution >= 4 is 11.3 Å². The number of aromatic nitrogens is 1. The highest BCUT2D eigenvalue weighted by Gasteiger charge is 2.24. The second kappa shape index (κ2) is 4.78. The van der Waals surface area contributed by atoms with Crippen molar-refractivity contribution in [3.8, 4) is 11.3 Å². The number of thiazole rings is 1. The Bertz CT molecular complexity index is 561. The number of hydrogen-bond acceptors (Lipinski definition) is 3. The van der Waals surface area contributed by atoms with Gasteiger partial charge in [0.05, 0.1) is 11.2 Å². The topological polar surface area (TPSA) is 38.9 Å². The molecular formula is C14H17FN2S. The summed E-state index contributed by atoms with van der Waals surface area (Å²) in [5.74, 6) is -0.243. The molecule has 1 heterocycles. The van der Waals surface area contributed by atoms with E-state index < -0.39 is 5.54 Å². The number of aryl methyl sites for hydroxylation is 1. The molecule has 2 N–H and O–H groups in total. The lowest BCUT2D eigenvalue weighted by atomic mass is 10.0. The van der Waals surface area contributed by atoms with Crippen LogP contribution >= 0.6 is 11.3 Å². The van der Waals surface area contributed by atoms with Crippen molar-refractivity contribution in [3.05, 3.63) is 40.0 Å². The zero-order chi connectivity index (χ0) is 13.3. The first-order valence-corrected chi connectivity index (χ1v) is 6.78. The molecule has 1 aromatic carbocycles. The first kappa shape index (κ1) is 13.2. The van der Waals surface area contributed by atoms with Crippen LogP contribution in [0.5, 0.6) is 0 Å². The maximum Gasteiger partial charge on any atom is 0.123 e. The molecule has 2 nitrogen and oxygen atoms in total. The minimum absolute atomic E-state index is 0.243. The molecule has 0 bridgehead atoms. The highest BCUT2D eigenvalue weighted by atomic mass is 32.1. The van der Waals surface area contributed by atoms with Crippen molar-refractivity contribution in [2.75, 3.05) is 0 Å². The number of nitrogens with two attached hydrogens (primary N) is 1. The Labute approximate surface area is 111 Å². The van der Waals surface area contributed by atoms with Crippen LogP contribution in [-0.4, -0.2) is 4.98 Å². The van der Waals surface area contributed by atoms with Gasteiger partial charge in [-0.1, -0.05) is 19.1 Å². The lowest BCUT2D eigenvalue weighted by Crippen LogP contribution is -2.31. The van der Waals surface area contributed by atoms with Crippen LogP contribution in [0.2, 0.25) is 0 Å². The lowest BCUT2D eigenvalue weighted by Gasteiger charge is -2.18. The predicted octanol–water partition coefficient (Wildman–Crippen LogP) is 3.84. The molecule has 0 saturated carbocycles. The van der Waals surface area contributed by atoms with Crippen molar-refractivity contribution in [3.63, 3.8) is 0 Å². The molecule has 1 atom stereocenters. The van der Waals surface area contributed by atoms with E-state index in [0.717, 1.165) is 27.6 Å². The summed E-state index contributed by atoms with van der Waals surface area (Å²) in [6, 6.07) is 6.51. The average Bonchev–Trinajstić information content (AvgIpc) is 2.72. The highest BCUT2D eigenvalue weighted by molar-refractivity contribution is 7.12. The second-order valence-electron chi connectivity index (χ2n) is 4.71. The van der Waals surface area contributed by atoms with Crippen LogP contribution in [0.15, 0.2) is 24.3 Å². The van der Waals surface area contributed by atoms with Gasteiger partial charge in [0, 0.05) is 10.4 Å². The molecule has 1 aromatic heterocycles.